The molecule has 0 aliphatic heterocycles. The topological polar surface area (TPSA) is 75.6 Å². The molecule has 0 bridgehead atoms. The van der Waals surface area contributed by atoms with Gasteiger partial charge in [-0.25, -0.2) is 4.79 Å². The summed E-state index contributed by atoms with van der Waals surface area (Å²) < 4.78 is 4.73. The lowest BCUT2D eigenvalue weighted by Crippen LogP contribution is -2.49. The molecule has 15 heavy (non-hydrogen) atoms. The summed E-state index contributed by atoms with van der Waals surface area (Å²) >= 11 is 0. The Morgan fingerprint density at radius 3 is 2.20 bits per heavy atom. The third-order valence-corrected chi connectivity index (χ3v) is 1.85. The molecule has 0 unspecified atom stereocenters. The second-order valence-corrected chi connectivity index (χ2v) is 3.63. The molecule has 2 N–H and O–H groups in total. The van der Waals surface area contributed by atoms with E-state index in [2.05, 4.69) is 5.32 Å². The molecule has 0 aromatic rings. The van der Waals surface area contributed by atoms with Gasteiger partial charge in [0.25, 0.3) is 0 Å². The van der Waals surface area contributed by atoms with Gasteiger partial charge in [0.2, 0.25) is 5.91 Å². The molecule has 0 fully saturated rings. The normalized spacial score (nSPS) is 14.5. The predicted molar refractivity (Wildman–Crippen MR) is 55.1 cm³/mol. The largest absolute Gasteiger partial charge is 0.464 e. The number of aliphatic hydroxyl groups excluding tert-OH is 1. The number of nitrogens with one attached hydrogen (secondary N) is 1. The average molecular weight is 217 g/mol. The lowest BCUT2D eigenvalue weighted by Gasteiger charge is -2.20. The molecule has 0 saturated heterocycles. The fourth-order valence-corrected chi connectivity index (χ4v) is 0.928. The van der Waals surface area contributed by atoms with Crippen molar-refractivity contribution in [3.05, 3.63) is 0 Å². The van der Waals surface area contributed by atoms with E-state index in [9.17, 15) is 14.7 Å². The van der Waals surface area contributed by atoms with Gasteiger partial charge >= 0.3 is 5.97 Å². The van der Waals surface area contributed by atoms with Crippen molar-refractivity contribution < 1.29 is 19.4 Å². The van der Waals surface area contributed by atoms with Gasteiger partial charge in [0.1, 0.15) is 0 Å². The van der Waals surface area contributed by atoms with E-state index in [1.165, 1.54) is 6.92 Å². The van der Waals surface area contributed by atoms with Crippen molar-refractivity contribution in [3.8, 4) is 0 Å². The van der Waals surface area contributed by atoms with Crippen LogP contribution in [0.25, 0.3) is 0 Å². The van der Waals surface area contributed by atoms with Gasteiger partial charge in [0.05, 0.1) is 12.7 Å². The van der Waals surface area contributed by atoms with Gasteiger partial charge in [-0.2, -0.15) is 0 Å². The van der Waals surface area contributed by atoms with E-state index in [0.717, 1.165) is 0 Å². The van der Waals surface area contributed by atoms with E-state index < -0.39 is 18.1 Å². The fourth-order valence-electron chi connectivity index (χ4n) is 0.928. The van der Waals surface area contributed by atoms with Crippen molar-refractivity contribution in [3.63, 3.8) is 0 Å². The zero-order valence-corrected chi connectivity index (χ0v) is 9.61. The van der Waals surface area contributed by atoms with Gasteiger partial charge < -0.3 is 15.2 Å². The van der Waals surface area contributed by atoms with Crippen LogP contribution in [0.2, 0.25) is 0 Å². The molecule has 0 aromatic carbocycles. The van der Waals surface area contributed by atoms with E-state index >= 15 is 0 Å². The third-order valence-electron chi connectivity index (χ3n) is 1.85. The highest BCUT2D eigenvalue weighted by Gasteiger charge is 2.27. The molecule has 88 valence electrons. The highest BCUT2D eigenvalue weighted by molar-refractivity contribution is 5.85. The molecular formula is C10H19NO4. The van der Waals surface area contributed by atoms with Crippen molar-refractivity contribution in [2.45, 2.75) is 39.8 Å². The Hall–Kier alpha value is -1.10. The molecule has 5 nitrogen and oxygen atoms in total. The second kappa shape index (κ2) is 6.40. The van der Waals surface area contributed by atoms with Crippen molar-refractivity contribution in [1.29, 1.82) is 0 Å². The molecule has 2 atom stereocenters. The summed E-state index contributed by atoms with van der Waals surface area (Å²) in [7, 11) is 0. The number of ether oxygens (including phenoxy) is 1. The van der Waals surface area contributed by atoms with Crippen LogP contribution >= 0.6 is 0 Å². The minimum atomic E-state index is -0.986. The van der Waals surface area contributed by atoms with Crippen LogP contribution in [0.4, 0.5) is 0 Å². The molecule has 0 rings (SSSR count). The first-order valence-electron chi connectivity index (χ1n) is 5.05. The monoisotopic (exact) mass is 217 g/mol. The smallest absolute Gasteiger partial charge is 0.331 e. The number of aliphatic hydroxyl groups is 1. The molecule has 5 heteroatoms. The third kappa shape index (κ3) is 4.78. The Kier molecular flexibility index (Phi) is 5.93. The number of amides is 1. The summed E-state index contributed by atoms with van der Waals surface area (Å²) in [6.07, 6.45) is -0.966. The summed E-state index contributed by atoms with van der Waals surface area (Å²) in [5, 5.41) is 11.8. The number of carbonyl (C=O) groups excluding carboxylic acids is 2. The molecule has 0 saturated carbocycles. The number of hydrogen-bond acceptors (Lipinski definition) is 4. The summed E-state index contributed by atoms with van der Waals surface area (Å²) in [5.41, 5.74) is 0. The Bertz CT molecular complexity index is 225. The number of rotatable bonds is 5. The Morgan fingerprint density at radius 1 is 1.33 bits per heavy atom. The summed E-state index contributed by atoms with van der Waals surface area (Å²) in [6, 6.07) is -0.986. The molecule has 0 heterocycles. The van der Waals surface area contributed by atoms with Crippen LogP contribution in [0, 0.1) is 5.92 Å². The number of carbonyl (C=O) groups is 2. The predicted octanol–water partition coefficient (Wildman–Crippen LogP) is 0.0711. The van der Waals surface area contributed by atoms with Crippen molar-refractivity contribution in [2.75, 3.05) is 6.61 Å². The molecule has 0 radical (unpaired) electrons. The van der Waals surface area contributed by atoms with Gasteiger partial charge in [-0.1, -0.05) is 13.8 Å². The SMILES string of the molecule is CCOC(=O)[C@@H](NC(=O)C(C)C)[C@@H](C)O. The Balaban J connectivity index is 4.41. The maximum atomic E-state index is 11.3. The summed E-state index contributed by atoms with van der Waals surface area (Å²) in [5.74, 6) is -1.13. The molecule has 0 spiro atoms. The lowest BCUT2D eigenvalue weighted by molar-refractivity contribution is -0.150. The van der Waals surface area contributed by atoms with Gasteiger partial charge in [-0.05, 0) is 13.8 Å². The van der Waals surface area contributed by atoms with Gasteiger partial charge in [0.15, 0.2) is 6.04 Å². The van der Waals surface area contributed by atoms with E-state index in [1.54, 1.807) is 20.8 Å². The molecule has 1 amide bonds. The molecular weight excluding hydrogens is 198 g/mol. The molecule has 0 aliphatic rings. The van der Waals surface area contributed by atoms with Gasteiger partial charge in [0, 0.05) is 5.92 Å². The first-order chi connectivity index (χ1) is 6.90. The fraction of sp³-hybridized carbons (Fsp3) is 0.800. The van der Waals surface area contributed by atoms with Gasteiger partial charge in [-0.3, -0.25) is 4.79 Å². The zero-order chi connectivity index (χ0) is 12.0. The first-order valence-corrected chi connectivity index (χ1v) is 5.05. The quantitative estimate of drug-likeness (QED) is 0.639. The highest BCUT2D eigenvalue weighted by atomic mass is 16.5. The first kappa shape index (κ1) is 13.9. The minimum absolute atomic E-state index is 0.222. The standard InChI is InChI=1S/C10H19NO4/c1-5-15-10(14)8(7(4)12)11-9(13)6(2)3/h6-8,12H,5H2,1-4H3,(H,11,13)/t7-,8+/m1/s1. The van der Waals surface area contributed by atoms with Crippen molar-refractivity contribution >= 4 is 11.9 Å². The van der Waals surface area contributed by atoms with Crippen LogP contribution in [0.5, 0.6) is 0 Å². The van der Waals surface area contributed by atoms with Crippen molar-refractivity contribution in [2.24, 2.45) is 5.92 Å². The van der Waals surface area contributed by atoms with E-state index in [1.807, 2.05) is 0 Å². The lowest BCUT2D eigenvalue weighted by atomic mass is 10.1. The second-order valence-electron chi connectivity index (χ2n) is 3.63. The van der Waals surface area contributed by atoms with E-state index in [-0.39, 0.29) is 18.4 Å². The highest BCUT2D eigenvalue weighted by Crippen LogP contribution is 2.00. The van der Waals surface area contributed by atoms with Crippen LogP contribution < -0.4 is 5.32 Å². The maximum absolute atomic E-state index is 11.3. The van der Waals surface area contributed by atoms with E-state index in [0.29, 0.717) is 0 Å². The minimum Gasteiger partial charge on any atom is -0.464 e. The average Bonchev–Trinajstić information content (AvgIpc) is 2.13. The maximum Gasteiger partial charge on any atom is 0.331 e. The molecule has 0 aromatic heterocycles. The van der Waals surface area contributed by atoms with Crippen LogP contribution in [0.3, 0.4) is 0 Å². The van der Waals surface area contributed by atoms with Crippen LogP contribution in [-0.4, -0.2) is 35.7 Å². The zero-order valence-electron chi connectivity index (χ0n) is 9.61. The summed E-state index contributed by atoms with van der Waals surface area (Å²) in [6.45, 7) is 6.74. The van der Waals surface area contributed by atoms with Crippen LogP contribution in [-0.2, 0) is 14.3 Å². The van der Waals surface area contributed by atoms with E-state index in [4.69, 9.17) is 4.74 Å². The van der Waals surface area contributed by atoms with Crippen LogP contribution in [0.15, 0.2) is 0 Å². The summed E-state index contributed by atoms with van der Waals surface area (Å²) in [4.78, 5) is 22.7. The Labute approximate surface area is 89.8 Å². The number of esters is 1. The Morgan fingerprint density at radius 2 is 1.87 bits per heavy atom. The number of hydrogen-bond donors (Lipinski definition) is 2. The molecule has 0 aliphatic carbocycles. The van der Waals surface area contributed by atoms with Crippen LogP contribution in [0.1, 0.15) is 27.7 Å². The van der Waals surface area contributed by atoms with Gasteiger partial charge in [-0.15, -0.1) is 0 Å². The van der Waals surface area contributed by atoms with Crippen molar-refractivity contribution in [1.82, 2.24) is 5.32 Å².